The van der Waals surface area contributed by atoms with Gasteiger partial charge in [-0.1, -0.05) is 18.2 Å². The van der Waals surface area contributed by atoms with Crippen LogP contribution in [0.3, 0.4) is 0 Å². The molecule has 0 aliphatic rings. The molecule has 0 spiro atoms. The van der Waals surface area contributed by atoms with Crippen LogP contribution < -0.4 is 5.73 Å². The molecule has 2 heterocycles. The van der Waals surface area contributed by atoms with E-state index in [9.17, 15) is 5.11 Å². The zero-order valence-electron chi connectivity index (χ0n) is 9.61. The van der Waals surface area contributed by atoms with E-state index in [2.05, 4.69) is 10.2 Å². The fourth-order valence-electron chi connectivity index (χ4n) is 1.97. The van der Waals surface area contributed by atoms with Crippen LogP contribution in [0, 0.1) is 0 Å². The Morgan fingerprint density at radius 3 is 2.83 bits per heavy atom. The lowest BCUT2D eigenvalue weighted by molar-refractivity contribution is 0.475. The second-order valence-electron chi connectivity index (χ2n) is 4.01. The van der Waals surface area contributed by atoms with Crippen molar-refractivity contribution in [2.24, 2.45) is 5.73 Å². The Kier molecular flexibility index (Phi) is 2.46. The first-order chi connectivity index (χ1) is 8.79. The number of rotatable bonds is 2. The van der Waals surface area contributed by atoms with E-state index in [4.69, 9.17) is 5.73 Å². The first-order valence-corrected chi connectivity index (χ1v) is 5.61. The number of fused-ring (bicyclic) bond motifs is 1. The van der Waals surface area contributed by atoms with Crippen molar-refractivity contribution in [1.29, 1.82) is 0 Å². The van der Waals surface area contributed by atoms with E-state index in [1.807, 2.05) is 28.8 Å². The van der Waals surface area contributed by atoms with Gasteiger partial charge in [-0.2, -0.15) is 0 Å². The third kappa shape index (κ3) is 1.61. The largest absolute Gasteiger partial charge is 0.508 e. The van der Waals surface area contributed by atoms with Crippen LogP contribution in [0.5, 0.6) is 5.75 Å². The van der Waals surface area contributed by atoms with Gasteiger partial charge < -0.3 is 10.8 Å². The highest BCUT2D eigenvalue weighted by molar-refractivity contribution is 5.62. The van der Waals surface area contributed by atoms with Crippen LogP contribution in [-0.2, 0) is 6.54 Å². The maximum absolute atomic E-state index is 9.51. The van der Waals surface area contributed by atoms with Crippen LogP contribution in [0.2, 0.25) is 0 Å². The quantitative estimate of drug-likeness (QED) is 0.712. The molecule has 0 atom stereocenters. The molecule has 0 bridgehead atoms. The number of benzene rings is 1. The Balaban J connectivity index is 2.25. The van der Waals surface area contributed by atoms with Crippen molar-refractivity contribution in [1.82, 2.24) is 14.6 Å². The number of nitrogens with zero attached hydrogens (tertiary/aromatic N) is 3. The zero-order chi connectivity index (χ0) is 12.5. The number of nitrogens with two attached hydrogens (primary N) is 1. The summed E-state index contributed by atoms with van der Waals surface area (Å²) in [7, 11) is 0. The summed E-state index contributed by atoms with van der Waals surface area (Å²) >= 11 is 0. The number of phenols is 1. The molecule has 0 saturated carbocycles. The zero-order valence-corrected chi connectivity index (χ0v) is 9.61. The van der Waals surface area contributed by atoms with Crippen LogP contribution in [0.1, 0.15) is 5.56 Å². The maximum Gasteiger partial charge on any atom is 0.168 e. The topological polar surface area (TPSA) is 76.4 Å². The fourth-order valence-corrected chi connectivity index (χ4v) is 1.97. The Morgan fingerprint density at radius 2 is 2.06 bits per heavy atom. The van der Waals surface area contributed by atoms with Crippen molar-refractivity contribution in [3.63, 3.8) is 0 Å². The monoisotopic (exact) mass is 240 g/mol. The van der Waals surface area contributed by atoms with Crippen LogP contribution in [0.15, 0.2) is 42.6 Å². The Bertz CT molecular complexity index is 705. The van der Waals surface area contributed by atoms with Crippen LogP contribution in [-0.4, -0.2) is 19.7 Å². The van der Waals surface area contributed by atoms with Gasteiger partial charge in [0.1, 0.15) is 5.75 Å². The molecule has 90 valence electrons. The fraction of sp³-hybridized carbons (Fsp3) is 0.0769. The smallest absolute Gasteiger partial charge is 0.168 e. The van der Waals surface area contributed by atoms with Crippen molar-refractivity contribution in [3.8, 4) is 17.1 Å². The number of hydrogen-bond acceptors (Lipinski definition) is 4. The lowest BCUT2D eigenvalue weighted by atomic mass is 10.2. The van der Waals surface area contributed by atoms with E-state index in [-0.39, 0.29) is 5.75 Å². The molecule has 5 nitrogen and oxygen atoms in total. The van der Waals surface area contributed by atoms with E-state index in [0.29, 0.717) is 12.4 Å². The van der Waals surface area contributed by atoms with Gasteiger partial charge in [0.15, 0.2) is 11.5 Å². The van der Waals surface area contributed by atoms with Gasteiger partial charge in [0.25, 0.3) is 0 Å². The van der Waals surface area contributed by atoms with Gasteiger partial charge >= 0.3 is 0 Å². The predicted molar refractivity (Wildman–Crippen MR) is 68.0 cm³/mol. The van der Waals surface area contributed by atoms with Gasteiger partial charge in [-0.3, -0.25) is 4.40 Å². The molecule has 5 heteroatoms. The molecule has 3 aromatic rings. The summed E-state index contributed by atoms with van der Waals surface area (Å²) < 4.78 is 1.87. The molecular formula is C13H12N4O. The molecule has 3 rings (SSSR count). The second kappa shape index (κ2) is 4.12. The molecule has 0 aliphatic carbocycles. The van der Waals surface area contributed by atoms with E-state index < -0.39 is 0 Å². The highest BCUT2D eigenvalue weighted by Gasteiger charge is 2.10. The molecule has 0 aliphatic heterocycles. The molecule has 0 saturated heterocycles. The third-order valence-electron chi connectivity index (χ3n) is 2.84. The highest BCUT2D eigenvalue weighted by atomic mass is 16.3. The van der Waals surface area contributed by atoms with Crippen LogP contribution >= 0.6 is 0 Å². The van der Waals surface area contributed by atoms with E-state index in [1.165, 1.54) is 0 Å². The van der Waals surface area contributed by atoms with Gasteiger partial charge in [-0.25, -0.2) is 0 Å². The Morgan fingerprint density at radius 1 is 1.17 bits per heavy atom. The molecule has 18 heavy (non-hydrogen) atoms. The standard InChI is InChI=1S/C13H12N4O/c14-8-10-4-2-6-17-12(15-16-13(10)17)9-3-1-5-11(18)7-9/h1-7,18H,8,14H2. The van der Waals surface area contributed by atoms with Crippen molar-refractivity contribution in [3.05, 3.63) is 48.2 Å². The minimum Gasteiger partial charge on any atom is -0.508 e. The molecule has 0 unspecified atom stereocenters. The summed E-state index contributed by atoms with van der Waals surface area (Å²) in [6.45, 7) is 0.419. The summed E-state index contributed by atoms with van der Waals surface area (Å²) in [6, 6.07) is 10.8. The second-order valence-corrected chi connectivity index (χ2v) is 4.01. The summed E-state index contributed by atoms with van der Waals surface area (Å²) in [5.41, 5.74) is 8.17. The average molecular weight is 240 g/mol. The molecule has 3 N–H and O–H groups in total. The lowest BCUT2D eigenvalue weighted by Crippen LogP contribution is -2.00. The SMILES string of the molecule is NCc1cccn2c(-c3cccc(O)c3)nnc12. The molecular weight excluding hydrogens is 228 g/mol. The van der Waals surface area contributed by atoms with Crippen LogP contribution in [0.25, 0.3) is 17.0 Å². The van der Waals surface area contributed by atoms with Gasteiger partial charge in [-0.05, 0) is 18.2 Å². The third-order valence-corrected chi connectivity index (χ3v) is 2.84. The van der Waals surface area contributed by atoms with Crippen molar-refractivity contribution in [2.75, 3.05) is 0 Å². The van der Waals surface area contributed by atoms with E-state index in [1.54, 1.807) is 18.2 Å². The first kappa shape index (κ1) is 10.7. The summed E-state index contributed by atoms with van der Waals surface area (Å²) in [4.78, 5) is 0. The number of aromatic hydroxyl groups is 1. The molecule has 1 aromatic carbocycles. The highest BCUT2D eigenvalue weighted by Crippen LogP contribution is 2.22. The normalized spacial score (nSPS) is 10.9. The van der Waals surface area contributed by atoms with E-state index >= 15 is 0 Å². The van der Waals surface area contributed by atoms with Gasteiger partial charge in [-0.15, -0.1) is 10.2 Å². The number of pyridine rings is 1. The molecule has 0 amide bonds. The van der Waals surface area contributed by atoms with Crippen molar-refractivity contribution in [2.45, 2.75) is 6.54 Å². The van der Waals surface area contributed by atoms with Gasteiger partial charge in [0, 0.05) is 23.9 Å². The molecule has 0 fully saturated rings. The minimum atomic E-state index is 0.208. The summed E-state index contributed by atoms with van der Waals surface area (Å²) in [5, 5.41) is 17.8. The van der Waals surface area contributed by atoms with Crippen molar-refractivity contribution < 1.29 is 5.11 Å². The maximum atomic E-state index is 9.51. The average Bonchev–Trinajstić information content (AvgIpc) is 2.82. The van der Waals surface area contributed by atoms with Gasteiger partial charge in [0.05, 0.1) is 0 Å². The van der Waals surface area contributed by atoms with Gasteiger partial charge in [0.2, 0.25) is 0 Å². The predicted octanol–water partition coefficient (Wildman–Crippen LogP) is 1.56. The minimum absolute atomic E-state index is 0.208. The Labute approximate surface area is 104 Å². The summed E-state index contributed by atoms with van der Waals surface area (Å²) in [5.74, 6) is 0.899. The molecule has 0 radical (unpaired) electrons. The molecule has 2 aromatic heterocycles. The van der Waals surface area contributed by atoms with Crippen molar-refractivity contribution >= 4 is 5.65 Å². The summed E-state index contributed by atoms with van der Waals surface area (Å²) in [6.07, 6.45) is 1.88. The number of aromatic nitrogens is 3. The van der Waals surface area contributed by atoms with E-state index in [0.717, 1.165) is 16.8 Å². The first-order valence-electron chi connectivity index (χ1n) is 5.61. The lowest BCUT2D eigenvalue weighted by Gasteiger charge is -2.02. The Hall–Kier alpha value is -2.40. The van der Waals surface area contributed by atoms with Crippen LogP contribution in [0.4, 0.5) is 0 Å². The number of phenolic OH excluding ortho intramolecular Hbond substituents is 1. The number of hydrogen-bond donors (Lipinski definition) is 2.